The molecule has 1 fully saturated rings. The first kappa shape index (κ1) is 28.1. The lowest BCUT2D eigenvalue weighted by molar-refractivity contribution is -0.138. The Labute approximate surface area is 220 Å². The van der Waals surface area contributed by atoms with Gasteiger partial charge in [0, 0.05) is 25.2 Å². The van der Waals surface area contributed by atoms with Crippen molar-refractivity contribution in [3.05, 3.63) is 66.0 Å². The molecule has 39 heavy (non-hydrogen) atoms. The van der Waals surface area contributed by atoms with Crippen LogP contribution in [-0.4, -0.2) is 68.2 Å². The zero-order valence-electron chi connectivity index (χ0n) is 20.7. The van der Waals surface area contributed by atoms with Crippen LogP contribution in [0, 0.1) is 0 Å². The molecule has 1 amide bonds. The van der Waals surface area contributed by atoms with Gasteiger partial charge in [0.1, 0.15) is 0 Å². The molecule has 1 aromatic carbocycles. The van der Waals surface area contributed by atoms with E-state index in [1.807, 2.05) is 0 Å². The topological polar surface area (TPSA) is 100 Å². The van der Waals surface area contributed by atoms with E-state index in [-0.39, 0.29) is 42.2 Å². The number of halogens is 5. The molecule has 1 atom stereocenters. The highest BCUT2D eigenvalue weighted by Crippen LogP contribution is 2.35. The van der Waals surface area contributed by atoms with Gasteiger partial charge in [-0.3, -0.25) is 19.5 Å². The van der Waals surface area contributed by atoms with Crippen LogP contribution < -0.4 is 5.32 Å². The second-order valence-electron chi connectivity index (χ2n) is 9.35. The summed E-state index contributed by atoms with van der Waals surface area (Å²) in [5.41, 5.74) is -1.18. The molecule has 3 aromatic rings. The van der Waals surface area contributed by atoms with E-state index in [1.165, 1.54) is 35.4 Å². The fourth-order valence-corrected chi connectivity index (χ4v) is 4.54. The van der Waals surface area contributed by atoms with Crippen LogP contribution in [0.3, 0.4) is 0 Å². The summed E-state index contributed by atoms with van der Waals surface area (Å²) < 4.78 is 69.8. The number of carbonyl (C=O) groups is 2. The van der Waals surface area contributed by atoms with Gasteiger partial charge >= 0.3 is 12.1 Å². The molecule has 0 aliphatic carbocycles. The zero-order chi connectivity index (χ0) is 28.2. The molecule has 0 saturated carbocycles. The molecule has 1 aliphatic heterocycles. The maximum Gasteiger partial charge on any atom is 0.418 e. The number of alkyl halides is 5. The van der Waals surface area contributed by atoms with E-state index in [2.05, 4.69) is 15.4 Å². The predicted octanol–water partition coefficient (Wildman–Crippen LogP) is 4.65. The second-order valence-corrected chi connectivity index (χ2v) is 9.35. The molecule has 3 heterocycles. The lowest BCUT2D eigenvalue weighted by Gasteiger charge is -2.33. The van der Waals surface area contributed by atoms with E-state index in [9.17, 15) is 36.6 Å². The largest absolute Gasteiger partial charge is 0.481 e. The number of amides is 1. The van der Waals surface area contributed by atoms with Gasteiger partial charge in [-0.1, -0.05) is 18.2 Å². The highest BCUT2D eigenvalue weighted by Gasteiger charge is 2.36. The molecule has 0 bridgehead atoms. The summed E-state index contributed by atoms with van der Waals surface area (Å²) in [5.74, 6) is -4.85. The Balaban J connectivity index is 1.62. The number of carboxylic acids is 1. The molecular formula is C26H26F5N5O3. The minimum atomic E-state index is -4.70. The predicted molar refractivity (Wildman–Crippen MR) is 131 cm³/mol. The average molecular weight is 552 g/mol. The Bertz CT molecular complexity index is 1310. The number of pyridine rings is 1. The van der Waals surface area contributed by atoms with Crippen LogP contribution in [0.5, 0.6) is 0 Å². The van der Waals surface area contributed by atoms with Gasteiger partial charge in [-0.25, -0.2) is 13.5 Å². The van der Waals surface area contributed by atoms with Crippen molar-refractivity contribution >= 4 is 11.9 Å². The number of piperidine rings is 1. The average Bonchev–Trinajstić information content (AvgIpc) is 3.32. The summed E-state index contributed by atoms with van der Waals surface area (Å²) in [6, 6.07) is 9.90. The molecule has 2 N–H and O–H groups in total. The number of aromatic nitrogens is 3. The normalized spacial score (nSPS) is 16.5. The van der Waals surface area contributed by atoms with Crippen LogP contribution in [0.1, 0.15) is 41.7 Å². The maximum atomic E-state index is 13.8. The third-order valence-corrected chi connectivity index (χ3v) is 6.33. The Hall–Kier alpha value is -3.87. The summed E-state index contributed by atoms with van der Waals surface area (Å²) >= 11 is 0. The molecule has 208 valence electrons. The highest BCUT2D eigenvalue weighted by atomic mass is 19.4. The number of para-hydroxylation sites is 1. The zero-order valence-corrected chi connectivity index (χ0v) is 20.7. The maximum absolute atomic E-state index is 13.8. The first-order valence-corrected chi connectivity index (χ1v) is 12.2. The lowest BCUT2D eigenvalue weighted by Crippen LogP contribution is -2.45. The van der Waals surface area contributed by atoms with Crippen molar-refractivity contribution in [1.29, 1.82) is 0 Å². The number of likely N-dealkylation sites (tertiary alicyclic amines) is 1. The molecule has 1 saturated heterocycles. The van der Waals surface area contributed by atoms with Crippen LogP contribution in [0.25, 0.3) is 17.1 Å². The SMILES string of the molecule is O=C(O)C[C@H](CCN1CCCC(F)(F)C1)NC(=O)c1cc(-c2ccccn2)n(-c2ccccc2C(F)(F)F)n1. The number of benzene rings is 1. The van der Waals surface area contributed by atoms with Gasteiger partial charge in [0.05, 0.1) is 35.6 Å². The van der Waals surface area contributed by atoms with E-state index in [4.69, 9.17) is 0 Å². The van der Waals surface area contributed by atoms with Gasteiger partial charge in [-0.05, 0) is 49.7 Å². The minimum absolute atomic E-state index is 0.0822. The Kier molecular flexibility index (Phi) is 8.28. The van der Waals surface area contributed by atoms with Crippen molar-refractivity contribution in [2.75, 3.05) is 19.6 Å². The third-order valence-electron chi connectivity index (χ3n) is 6.33. The van der Waals surface area contributed by atoms with Crippen LogP contribution in [0.2, 0.25) is 0 Å². The number of hydrogen-bond acceptors (Lipinski definition) is 5. The first-order valence-electron chi connectivity index (χ1n) is 12.2. The van der Waals surface area contributed by atoms with Crippen molar-refractivity contribution in [3.63, 3.8) is 0 Å². The molecule has 0 spiro atoms. The number of carbonyl (C=O) groups excluding carboxylic acids is 1. The fraction of sp³-hybridized carbons (Fsp3) is 0.385. The van der Waals surface area contributed by atoms with E-state index < -0.39 is 48.5 Å². The van der Waals surface area contributed by atoms with Crippen molar-refractivity contribution in [2.24, 2.45) is 0 Å². The van der Waals surface area contributed by atoms with Gasteiger partial charge in [-0.15, -0.1) is 0 Å². The first-order chi connectivity index (χ1) is 18.4. The van der Waals surface area contributed by atoms with Gasteiger partial charge in [0.15, 0.2) is 5.69 Å². The number of aliphatic carboxylic acids is 1. The Morgan fingerprint density at radius 2 is 1.87 bits per heavy atom. The van der Waals surface area contributed by atoms with Gasteiger partial charge in [0.2, 0.25) is 0 Å². The summed E-state index contributed by atoms with van der Waals surface area (Å²) in [6.07, 6.45) is -3.56. The summed E-state index contributed by atoms with van der Waals surface area (Å²) in [4.78, 5) is 30.3. The summed E-state index contributed by atoms with van der Waals surface area (Å²) in [7, 11) is 0. The number of nitrogens with zero attached hydrogens (tertiary/aromatic N) is 4. The molecule has 8 nitrogen and oxygen atoms in total. The van der Waals surface area contributed by atoms with Gasteiger partial charge in [-0.2, -0.15) is 18.3 Å². The monoisotopic (exact) mass is 551 g/mol. The number of nitrogens with one attached hydrogen (secondary N) is 1. The van der Waals surface area contributed by atoms with Crippen molar-refractivity contribution in [1.82, 2.24) is 25.0 Å². The smallest absolute Gasteiger partial charge is 0.418 e. The van der Waals surface area contributed by atoms with E-state index in [1.54, 1.807) is 18.2 Å². The standard InChI is InChI=1S/C26H26F5N5O3/c27-25(28)10-5-12-35(16-25)13-9-17(14-23(37)38)33-24(39)20-15-22(19-7-3-4-11-32-19)36(34-20)21-8-2-1-6-18(21)26(29,30)31/h1-4,6-8,11,15,17H,5,9-10,12-14,16H2,(H,33,39)(H,37,38)/t17-/m0/s1. The van der Waals surface area contributed by atoms with Crippen molar-refractivity contribution in [3.8, 4) is 17.1 Å². The molecule has 1 aliphatic rings. The third kappa shape index (κ3) is 7.16. The van der Waals surface area contributed by atoms with Crippen LogP contribution >= 0.6 is 0 Å². The molecule has 0 radical (unpaired) electrons. The van der Waals surface area contributed by atoms with E-state index >= 15 is 0 Å². The van der Waals surface area contributed by atoms with Crippen molar-refractivity contribution in [2.45, 2.75) is 43.8 Å². The Morgan fingerprint density at radius 1 is 1.13 bits per heavy atom. The van der Waals surface area contributed by atoms with Gasteiger partial charge < -0.3 is 10.4 Å². The van der Waals surface area contributed by atoms with Crippen LogP contribution in [0.4, 0.5) is 22.0 Å². The summed E-state index contributed by atoms with van der Waals surface area (Å²) in [6.45, 7) is 0.122. The molecule has 2 aromatic heterocycles. The molecule has 0 unspecified atom stereocenters. The minimum Gasteiger partial charge on any atom is -0.481 e. The summed E-state index contributed by atoms with van der Waals surface area (Å²) in [5, 5.41) is 16.0. The molecule has 4 rings (SSSR count). The molecular weight excluding hydrogens is 525 g/mol. The second kappa shape index (κ2) is 11.5. The Morgan fingerprint density at radius 3 is 2.54 bits per heavy atom. The lowest BCUT2D eigenvalue weighted by atomic mass is 10.1. The van der Waals surface area contributed by atoms with Crippen molar-refractivity contribution < 1.29 is 36.6 Å². The molecule has 13 heteroatoms. The van der Waals surface area contributed by atoms with E-state index in [0.29, 0.717) is 13.0 Å². The number of rotatable bonds is 9. The number of carboxylic acid groups (broad SMARTS) is 1. The number of hydrogen-bond donors (Lipinski definition) is 2. The van der Waals surface area contributed by atoms with Crippen LogP contribution in [-0.2, 0) is 11.0 Å². The highest BCUT2D eigenvalue weighted by molar-refractivity contribution is 5.94. The van der Waals surface area contributed by atoms with E-state index in [0.717, 1.165) is 10.7 Å². The van der Waals surface area contributed by atoms with Crippen LogP contribution in [0.15, 0.2) is 54.7 Å². The fourth-order valence-electron chi connectivity index (χ4n) is 4.54. The quantitative estimate of drug-likeness (QED) is 0.376. The van der Waals surface area contributed by atoms with Gasteiger partial charge in [0.25, 0.3) is 11.8 Å².